The molecule has 0 amide bonds. The molecule has 0 aromatic carbocycles. The third-order valence-electron chi connectivity index (χ3n) is 3.49. The fourth-order valence-corrected chi connectivity index (χ4v) is 1.31. The van der Waals surface area contributed by atoms with Gasteiger partial charge in [0.2, 0.25) is 5.88 Å². The summed E-state index contributed by atoms with van der Waals surface area (Å²) in [5, 5.41) is 20.1. The van der Waals surface area contributed by atoms with Crippen molar-refractivity contribution in [3.8, 4) is 5.88 Å². The number of aliphatic hydroxyl groups is 1. The highest BCUT2D eigenvalue weighted by Crippen LogP contribution is 2.25. The van der Waals surface area contributed by atoms with Crippen LogP contribution in [-0.2, 0) is 14.2 Å². The van der Waals surface area contributed by atoms with E-state index in [1.54, 1.807) is 33.8 Å². The Morgan fingerprint density at radius 1 is 1.32 bits per heavy atom. The van der Waals surface area contributed by atoms with E-state index in [2.05, 4.69) is 9.72 Å². The van der Waals surface area contributed by atoms with Crippen molar-refractivity contribution < 1.29 is 29.1 Å². The number of hydrogen-bond donors (Lipinski definition) is 2. The lowest BCUT2D eigenvalue weighted by atomic mass is 9.77. The van der Waals surface area contributed by atoms with Crippen LogP contribution >= 0.6 is 0 Å². The Balaban J connectivity index is 2.68. The van der Waals surface area contributed by atoms with Gasteiger partial charge < -0.3 is 24.3 Å². The molecule has 0 aliphatic heterocycles. The quantitative estimate of drug-likeness (QED) is 0.535. The van der Waals surface area contributed by atoms with E-state index in [-0.39, 0.29) is 12.5 Å². The van der Waals surface area contributed by atoms with E-state index in [0.717, 1.165) is 0 Å². The van der Waals surface area contributed by atoms with E-state index in [1.165, 1.54) is 19.4 Å². The minimum Gasteiger partial charge on any atom is -0.466 e. The van der Waals surface area contributed by atoms with Crippen LogP contribution in [0.2, 0.25) is 0 Å². The molecule has 22 heavy (non-hydrogen) atoms. The van der Waals surface area contributed by atoms with Gasteiger partial charge in [-0.25, -0.2) is 9.78 Å². The number of hydrogen-bond acceptors (Lipinski definition) is 7. The summed E-state index contributed by atoms with van der Waals surface area (Å²) in [6.45, 7) is 6.31. The number of rotatable bonds is 7. The van der Waals surface area contributed by atoms with E-state index in [0.29, 0.717) is 5.46 Å². The number of ether oxygens (including phenoxy) is 2. The van der Waals surface area contributed by atoms with E-state index in [4.69, 9.17) is 9.39 Å². The van der Waals surface area contributed by atoms with Crippen LogP contribution in [0.4, 0.5) is 0 Å². The minimum atomic E-state index is -1.25. The summed E-state index contributed by atoms with van der Waals surface area (Å²) in [5.74, 6) is -0.288. The smallest absolute Gasteiger partial charge is 0.466 e. The van der Waals surface area contributed by atoms with Crippen molar-refractivity contribution in [3.05, 3.63) is 18.3 Å². The molecule has 1 rings (SSSR count). The molecule has 122 valence electrons. The van der Waals surface area contributed by atoms with Crippen LogP contribution in [0.25, 0.3) is 0 Å². The van der Waals surface area contributed by atoms with Crippen molar-refractivity contribution >= 4 is 18.6 Å². The maximum atomic E-state index is 11.0. The summed E-state index contributed by atoms with van der Waals surface area (Å²) in [4.78, 5) is 14.9. The van der Waals surface area contributed by atoms with Crippen LogP contribution in [0.1, 0.15) is 27.7 Å². The Kier molecular flexibility index (Phi) is 5.93. The first-order chi connectivity index (χ1) is 10.1. The summed E-state index contributed by atoms with van der Waals surface area (Å²) in [5.41, 5.74) is -1.69. The second kappa shape index (κ2) is 7.08. The molecule has 1 heterocycles. The van der Waals surface area contributed by atoms with Crippen LogP contribution in [0.15, 0.2) is 18.3 Å². The molecule has 0 bridgehead atoms. The van der Waals surface area contributed by atoms with Crippen LogP contribution in [0.3, 0.4) is 0 Å². The predicted octanol–water partition coefficient (Wildman–Crippen LogP) is -0.113. The second-order valence-electron chi connectivity index (χ2n) is 5.83. The zero-order valence-electron chi connectivity index (χ0n) is 13.5. The predicted molar refractivity (Wildman–Crippen MR) is 80.8 cm³/mol. The maximum absolute atomic E-state index is 11.0. The largest absolute Gasteiger partial charge is 0.493 e. The first-order valence-corrected chi connectivity index (χ1v) is 6.80. The minimum absolute atomic E-state index is 0.225. The van der Waals surface area contributed by atoms with Gasteiger partial charge in [0, 0.05) is 11.7 Å². The van der Waals surface area contributed by atoms with Gasteiger partial charge >= 0.3 is 13.1 Å². The van der Waals surface area contributed by atoms with Gasteiger partial charge in [-0.1, -0.05) is 6.07 Å². The van der Waals surface area contributed by atoms with Gasteiger partial charge in [0.15, 0.2) is 6.61 Å². The third kappa shape index (κ3) is 4.97. The van der Waals surface area contributed by atoms with Crippen LogP contribution in [0.5, 0.6) is 5.88 Å². The molecular weight excluding hydrogens is 289 g/mol. The van der Waals surface area contributed by atoms with Crippen LogP contribution in [0, 0.1) is 0 Å². The standard InChI is InChI=1S/C14H22BNO6/c1-13(2,18)14(3,4)22-15(19)10-6-7-11(16-8-10)21-9-12(17)20-5/h6-8,18-19H,9H2,1-5H3. The third-order valence-corrected chi connectivity index (χ3v) is 3.49. The number of methoxy groups -OCH3 is 1. The van der Waals surface area contributed by atoms with Crippen LogP contribution < -0.4 is 10.2 Å². The van der Waals surface area contributed by atoms with Gasteiger partial charge in [-0.2, -0.15) is 0 Å². The summed E-state index contributed by atoms with van der Waals surface area (Å²) < 4.78 is 15.0. The molecule has 0 aliphatic carbocycles. The molecule has 2 N–H and O–H groups in total. The van der Waals surface area contributed by atoms with Gasteiger partial charge in [0.05, 0.1) is 18.3 Å². The fourth-order valence-electron chi connectivity index (χ4n) is 1.31. The summed E-state index contributed by atoms with van der Waals surface area (Å²) in [7, 11) is 0.0175. The Morgan fingerprint density at radius 2 is 1.95 bits per heavy atom. The number of carbonyl (C=O) groups is 1. The molecule has 0 atom stereocenters. The number of pyridine rings is 1. The Labute approximate surface area is 130 Å². The topological polar surface area (TPSA) is 98.1 Å². The normalized spacial score (nSPS) is 12.0. The van der Waals surface area contributed by atoms with Crippen molar-refractivity contribution in [1.29, 1.82) is 0 Å². The van der Waals surface area contributed by atoms with Gasteiger partial charge in [0.1, 0.15) is 0 Å². The van der Waals surface area contributed by atoms with Crippen molar-refractivity contribution in [2.45, 2.75) is 38.9 Å². The molecule has 7 nitrogen and oxygen atoms in total. The van der Waals surface area contributed by atoms with Gasteiger partial charge in [-0.15, -0.1) is 0 Å². The zero-order chi connectivity index (χ0) is 17.0. The zero-order valence-corrected chi connectivity index (χ0v) is 13.5. The lowest BCUT2D eigenvalue weighted by molar-refractivity contribution is -0.143. The molecule has 0 aliphatic rings. The number of carbonyl (C=O) groups excluding carboxylic acids is 1. The van der Waals surface area contributed by atoms with Crippen molar-refractivity contribution in [3.63, 3.8) is 0 Å². The summed E-state index contributed by atoms with van der Waals surface area (Å²) in [6, 6.07) is 3.06. The average Bonchev–Trinajstić information content (AvgIpc) is 2.43. The summed E-state index contributed by atoms with van der Waals surface area (Å²) >= 11 is 0. The first kappa shape index (κ1) is 18.4. The number of aromatic nitrogens is 1. The van der Waals surface area contributed by atoms with Crippen molar-refractivity contribution in [1.82, 2.24) is 4.98 Å². The first-order valence-electron chi connectivity index (χ1n) is 6.80. The molecule has 0 saturated heterocycles. The lowest BCUT2D eigenvalue weighted by Crippen LogP contribution is -2.53. The molecule has 0 fully saturated rings. The Hall–Kier alpha value is -1.64. The van der Waals surface area contributed by atoms with Crippen LogP contribution in [-0.4, -0.2) is 53.1 Å². The molecule has 8 heteroatoms. The Morgan fingerprint density at radius 3 is 2.41 bits per heavy atom. The van der Waals surface area contributed by atoms with E-state index >= 15 is 0 Å². The van der Waals surface area contributed by atoms with E-state index in [1.807, 2.05) is 0 Å². The number of esters is 1. The SMILES string of the molecule is COC(=O)COc1ccc(B(O)OC(C)(C)C(C)(C)O)cn1. The number of nitrogens with zero attached hydrogens (tertiary/aromatic N) is 1. The molecule has 0 spiro atoms. The Bertz CT molecular complexity index is 497. The highest BCUT2D eigenvalue weighted by Gasteiger charge is 2.39. The molecule has 0 unspecified atom stereocenters. The van der Waals surface area contributed by atoms with Gasteiger partial charge in [0.25, 0.3) is 0 Å². The van der Waals surface area contributed by atoms with Gasteiger partial charge in [-0.05, 0) is 33.8 Å². The molecule has 1 aromatic rings. The van der Waals surface area contributed by atoms with Crippen molar-refractivity contribution in [2.24, 2.45) is 0 Å². The molecule has 1 aromatic heterocycles. The molecule has 0 saturated carbocycles. The van der Waals surface area contributed by atoms with Crippen molar-refractivity contribution in [2.75, 3.05) is 13.7 Å². The van der Waals surface area contributed by atoms with Gasteiger partial charge in [-0.3, -0.25) is 0 Å². The highest BCUT2D eigenvalue weighted by atomic mass is 16.6. The maximum Gasteiger partial charge on any atom is 0.493 e. The van der Waals surface area contributed by atoms with E-state index < -0.39 is 24.3 Å². The average molecular weight is 311 g/mol. The molecular formula is C14H22BNO6. The highest BCUT2D eigenvalue weighted by molar-refractivity contribution is 6.60. The molecule has 0 radical (unpaired) electrons. The fraction of sp³-hybridized carbons (Fsp3) is 0.571. The monoisotopic (exact) mass is 311 g/mol. The van der Waals surface area contributed by atoms with E-state index in [9.17, 15) is 14.9 Å². The summed E-state index contributed by atoms with van der Waals surface area (Å²) in [6.07, 6.45) is 1.37. The lowest BCUT2D eigenvalue weighted by Gasteiger charge is -2.38. The second-order valence-corrected chi connectivity index (χ2v) is 5.83.